The van der Waals surface area contributed by atoms with E-state index in [0.717, 1.165) is 57.2 Å². The average Bonchev–Trinajstić information content (AvgIpc) is 3.36. The Morgan fingerprint density at radius 1 is 1.18 bits per heavy atom. The summed E-state index contributed by atoms with van der Waals surface area (Å²) in [6, 6.07) is 2.54. The number of halogens is 1. The van der Waals surface area contributed by atoms with Crippen LogP contribution in [0.3, 0.4) is 0 Å². The number of anilines is 2. The molecule has 2 atom stereocenters. The van der Waals surface area contributed by atoms with E-state index in [1.165, 1.54) is 12.4 Å². The number of ether oxygens (including phenoxy) is 1. The lowest BCUT2D eigenvalue weighted by Crippen LogP contribution is -2.51. The van der Waals surface area contributed by atoms with E-state index in [4.69, 9.17) is 10.5 Å². The molecule has 0 amide bonds. The molecule has 2 N–H and O–H groups in total. The summed E-state index contributed by atoms with van der Waals surface area (Å²) >= 11 is 0. The Morgan fingerprint density at radius 3 is 2.82 bits per heavy atom. The number of pyridine rings is 1. The van der Waals surface area contributed by atoms with Crippen LogP contribution in [0.5, 0.6) is 0 Å². The monoisotopic (exact) mass is 385 g/mol. The first-order valence-electron chi connectivity index (χ1n) is 9.68. The van der Waals surface area contributed by atoms with Gasteiger partial charge in [-0.15, -0.1) is 0 Å². The molecule has 0 radical (unpaired) electrons. The number of fused-ring (bicyclic) bond motifs is 1. The lowest BCUT2D eigenvalue weighted by atomic mass is 10.1. The van der Waals surface area contributed by atoms with Crippen molar-refractivity contribution in [1.29, 1.82) is 0 Å². The van der Waals surface area contributed by atoms with Crippen molar-refractivity contribution < 1.29 is 9.13 Å². The van der Waals surface area contributed by atoms with Crippen molar-refractivity contribution in [2.75, 3.05) is 49.3 Å². The van der Waals surface area contributed by atoms with Crippen molar-refractivity contribution in [3.63, 3.8) is 0 Å². The van der Waals surface area contributed by atoms with Crippen molar-refractivity contribution in [3.8, 4) is 0 Å². The molecule has 0 saturated carbocycles. The highest BCUT2D eigenvalue weighted by atomic mass is 19.1. The van der Waals surface area contributed by atoms with Gasteiger partial charge in [-0.2, -0.15) is 0 Å². The number of nitrogens with zero attached hydrogens (tertiary/aromatic N) is 6. The van der Waals surface area contributed by atoms with Crippen molar-refractivity contribution in [2.45, 2.75) is 18.6 Å². The fourth-order valence-electron chi connectivity index (χ4n) is 4.30. The molecule has 8 nitrogen and oxygen atoms in total. The van der Waals surface area contributed by atoms with Crippen LogP contribution in [0.1, 0.15) is 6.42 Å². The standard InChI is InChI=1S/C19H24FN7O/c20-14-10-23-19-9-18(21)27(26(19)12-14)17-11-22-3-1-16(17)25-6-4-24(5-7-25)15-2-8-28-13-15/h1,3,9-12,15,18H,2,4-8,13,21H2/t15?,18-/m0/s1. The number of hydrogen-bond donors (Lipinski definition) is 1. The number of rotatable bonds is 3. The number of nitrogens with two attached hydrogens (primary N) is 1. The fraction of sp³-hybridized carbons (Fsp3) is 0.474. The highest BCUT2D eigenvalue weighted by molar-refractivity contribution is 5.79. The molecular weight excluding hydrogens is 361 g/mol. The minimum Gasteiger partial charge on any atom is -0.380 e. The smallest absolute Gasteiger partial charge is 0.159 e. The van der Waals surface area contributed by atoms with Gasteiger partial charge in [0.25, 0.3) is 0 Å². The summed E-state index contributed by atoms with van der Waals surface area (Å²) in [6.07, 6.45) is 8.67. The molecule has 4 aliphatic rings. The highest BCUT2D eigenvalue weighted by Crippen LogP contribution is 2.36. The van der Waals surface area contributed by atoms with Gasteiger partial charge in [-0.3, -0.25) is 14.9 Å². The first kappa shape index (κ1) is 17.6. The molecule has 28 heavy (non-hydrogen) atoms. The first-order valence-corrected chi connectivity index (χ1v) is 9.68. The van der Waals surface area contributed by atoms with Crippen molar-refractivity contribution in [3.05, 3.63) is 42.4 Å². The Bertz CT molecular complexity index is 827. The fourth-order valence-corrected chi connectivity index (χ4v) is 4.30. The minimum absolute atomic E-state index is 0.408. The van der Waals surface area contributed by atoms with Crippen LogP contribution in [0.15, 0.2) is 47.4 Å². The van der Waals surface area contributed by atoms with Crippen LogP contribution in [-0.4, -0.2) is 72.7 Å². The third-order valence-corrected chi connectivity index (χ3v) is 5.74. The van der Waals surface area contributed by atoms with Gasteiger partial charge in [0.1, 0.15) is 11.9 Å². The van der Waals surface area contributed by atoms with Crippen molar-refractivity contribution in [1.82, 2.24) is 14.9 Å². The molecule has 1 aromatic rings. The Hall–Kier alpha value is -2.49. The van der Waals surface area contributed by atoms with Gasteiger partial charge < -0.3 is 15.4 Å². The van der Waals surface area contributed by atoms with E-state index in [2.05, 4.69) is 19.8 Å². The SMILES string of the molecule is N[C@@H]1C=C2N=CC(F)=CN2N1c1cnccc1N1CCN(C2CCOC2)CC1. The summed E-state index contributed by atoms with van der Waals surface area (Å²) in [7, 11) is 0. The maximum Gasteiger partial charge on any atom is 0.159 e. The lowest BCUT2D eigenvalue weighted by molar-refractivity contribution is 0.139. The van der Waals surface area contributed by atoms with Crippen molar-refractivity contribution in [2.24, 2.45) is 10.7 Å². The normalized spacial score (nSPS) is 27.9. The van der Waals surface area contributed by atoms with Crippen LogP contribution in [0, 0.1) is 0 Å². The zero-order valence-electron chi connectivity index (χ0n) is 15.6. The van der Waals surface area contributed by atoms with Gasteiger partial charge in [-0.25, -0.2) is 14.4 Å². The number of allylic oxidation sites excluding steroid dienone is 1. The summed E-state index contributed by atoms with van der Waals surface area (Å²) < 4.78 is 19.4. The topological polar surface area (TPSA) is 73.5 Å². The number of hydrazine groups is 1. The molecule has 5 rings (SSSR count). The number of hydrogen-bond acceptors (Lipinski definition) is 8. The van der Waals surface area contributed by atoms with Crippen LogP contribution in [-0.2, 0) is 4.74 Å². The number of piperazine rings is 1. The highest BCUT2D eigenvalue weighted by Gasteiger charge is 2.34. The Labute approximate surface area is 163 Å². The van der Waals surface area contributed by atoms with Gasteiger partial charge in [0, 0.05) is 45.0 Å². The summed E-state index contributed by atoms with van der Waals surface area (Å²) in [5.74, 6) is 0.212. The molecule has 2 fully saturated rings. The zero-order valence-corrected chi connectivity index (χ0v) is 15.6. The predicted octanol–water partition coefficient (Wildman–Crippen LogP) is 1.05. The third kappa shape index (κ3) is 3.05. The molecule has 4 aliphatic heterocycles. The molecule has 0 aromatic carbocycles. The maximum absolute atomic E-state index is 13.8. The van der Waals surface area contributed by atoms with E-state index in [0.29, 0.717) is 11.9 Å². The van der Waals surface area contributed by atoms with Crippen LogP contribution >= 0.6 is 0 Å². The minimum atomic E-state index is -0.436. The molecular formula is C19H24FN7O. The Kier molecular flexibility index (Phi) is 4.50. The van der Waals surface area contributed by atoms with Gasteiger partial charge in [0.2, 0.25) is 0 Å². The van der Waals surface area contributed by atoms with Crippen LogP contribution in [0.2, 0.25) is 0 Å². The zero-order chi connectivity index (χ0) is 19.1. The number of aromatic nitrogens is 1. The lowest BCUT2D eigenvalue weighted by Gasteiger charge is -2.41. The van der Waals surface area contributed by atoms with Gasteiger partial charge >= 0.3 is 0 Å². The molecule has 0 spiro atoms. The summed E-state index contributed by atoms with van der Waals surface area (Å²) in [5, 5.41) is 3.50. The van der Waals surface area contributed by atoms with E-state index in [1.54, 1.807) is 17.4 Å². The first-order chi connectivity index (χ1) is 13.7. The summed E-state index contributed by atoms with van der Waals surface area (Å²) in [4.78, 5) is 13.3. The maximum atomic E-state index is 13.8. The van der Waals surface area contributed by atoms with Crippen LogP contribution in [0.25, 0.3) is 0 Å². The van der Waals surface area contributed by atoms with Gasteiger partial charge in [0.15, 0.2) is 11.6 Å². The largest absolute Gasteiger partial charge is 0.380 e. The molecule has 9 heteroatoms. The molecule has 0 bridgehead atoms. The summed E-state index contributed by atoms with van der Waals surface area (Å²) in [6.45, 7) is 5.52. The second-order valence-electron chi connectivity index (χ2n) is 7.38. The van der Waals surface area contributed by atoms with Gasteiger partial charge in [-0.1, -0.05) is 0 Å². The van der Waals surface area contributed by atoms with Crippen LogP contribution < -0.4 is 15.6 Å². The molecule has 1 unspecified atom stereocenters. The molecule has 5 heterocycles. The average molecular weight is 385 g/mol. The van der Waals surface area contributed by atoms with E-state index >= 15 is 0 Å². The van der Waals surface area contributed by atoms with Crippen LogP contribution in [0.4, 0.5) is 15.8 Å². The second-order valence-corrected chi connectivity index (χ2v) is 7.38. The van der Waals surface area contributed by atoms with Crippen molar-refractivity contribution >= 4 is 17.6 Å². The Balaban J connectivity index is 1.37. The quantitative estimate of drug-likeness (QED) is 0.834. The van der Waals surface area contributed by atoms with E-state index in [9.17, 15) is 4.39 Å². The van der Waals surface area contributed by atoms with Gasteiger partial charge in [0.05, 0.1) is 30.9 Å². The molecule has 1 aromatic heterocycles. The molecule has 148 valence electrons. The summed E-state index contributed by atoms with van der Waals surface area (Å²) in [5.41, 5.74) is 8.23. The van der Waals surface area contributed by atoms with E-state index in [1.807, 2.05) is 17.2 Å². The van der Waals surface area contributed by atoms with Gasteiger partial charge in [-0.05, 0) is 18.6 Å². The Morgan fingerprint density at radius 2 is 2.04 bits per heavy atom. The molecule has 2 saturated heterocycles. The predicted molar refractivity (Wildman–Crippen MR) is 105 cm³/mol. The molecule has 0 aliphatic carbocycles. The third-order valence-electron chi connectivity index (χ3n) is 5.74. The van der Waals surface area contributed by atoms with E-state index in [-0.39, 0.29) is 0 Å². The number of aliphatic imine (C=N–C) groups is 1. The second kappa shape index (κ2) is 7.16. The van der Waals surface area contributed by atoms with E-state index < -0.39 is 12.0 Å².